The third-order valence-corrected chi connectivity index (χ3v) is 3.34. The fourth-order valence-corrected chi connectivity index (χ4v) is 2.18. The first-order valence-electron chi connectivity index (χ1n) is 8.24. The minimum atomic E-state index is -1.27. The number of carbonyl (C=O) groups excluding carboxylic acids is 3. The molecule has 3 N–H and O–H groups in total. The molecule has 0 bridgehead atoms. The zero-order chi connectivity index (χ0) is 19.7. The summed E-state index contributed by atoms with van der Waals surface area (Å²) in [5.41, 5.74) is 5.38. The highest BCUT2D eigenvalue weighted by molar-refractivity contribution is 5.89. The SMILES string of the molecule is C=CC[C@H](C(N)=O)[C@H](NC(=O)OCc1ccccc1)C(=O)OC(C)(C)C. The molecule has 1 rings (SSSR count). The molecule has 0 heterocycles. The Hall–Kier alpha value is -2.83. The van der Waals surface area contributed by atoms with Gasteiger partial charge in [-0.25, -0.2) is 9.59 Å². The Kier molecular flexibility index (Phi) is 7.83. The lowest BCUT2D eigenvalue weighted by atomic mass is 9.95. The van der Waals surface area contributed by atoms with E-state index in [1.165, 1.54) is 6.08 Å². The van der Waals surface area contributed by atoms with Gasteiger partial charge < -0.3 is 20.5 Å². The maximum Gasteiger partial charge on any atom is 0.408 e. The van der Waals surface area contributed by atoms with Gasteiger partial charge in [0, 0.05) is 0 Å². The van der Waals surface area contributed by atoms with Crippen LogP contribution in [0.4, 0.5) is 4.79 Å². The third kappa shape index (κ3) is 7.38. The number of allylic oxidation sites excluding steroid dienone is 1. The molecule has 142 valence electrons. The highest BCUT2D eigenvalue weighted by Crippen LogP contribution is 2.16. The van der Waals surface area contributed by atoms with Crippen molar-refractivity contribution >= 4 is 18.0 Å². The van der Waals surface area contributed by atoms with E-state index >= 15 is 0 Å². The molecule has 7 heteroatoms. The highest BCUT2D eigenvalue weighted by atomic mass is 16.6. The molecular formula is C19H26N2O5. The van der Waals surface area contributed by atoms with Gasteiger partial charge in [0.25, 0.3) is 0 Å². The van der Waals surface area contributed by atoms with Gasteiger partial charge in [-0.05, 0) is 32.8 Å². The first kappa shape index (κ1) is 21.2. The third-order valence-electron chi connectivity index (χ3n) is 3.34. The van der Waals surface area contributed by atoms with Crippen molar-refractivity contribution in [3.8, 4) is 0 Å². The Labute approximate surface area is 153 Å². The van der Waals surface area contributed by atoms with Gasteiger partial charge >= 0.3 is 12.1 Å². The molecule has 1 aromatic rings. The minimum absolute atomic E-state index is 0.0242. The summed E-state index contributed by atoms with van der Waals surface area (Å²) in [4.78, 5) is 36.3. The van der Waals surface area contributed by atoms with Gasteiger partial charge in [0.1, 0.15) is 18.2 Å². The van der Waals surface area contributed by atoms with Crippen LogP contribution in [0.25, 0.3) is 0 Å². The molecule has 2 atom stereocenters. The molecular weight excluding hydrogens is 336 g/mol. The highest BCUT2D eigenvalue weighted by Gasteiger charge is 2.36. The van der Waals surface area contributed by atoms with Crippen molar-refractivity contribution in [3.05, 3.63) is 48.6 Å². The lowest BCUT2D eigenvalue weighted by molar-refractivity contribution is -0.160. The number of benzene rings is 1. The number of hydrogen-bond donors (Lipinski definition) is 2. The van der Waals surface area contributed by atoms with Crippen molar-refractivity contribution in [1.82, 2.24) is 5.32 Å². The zero-order valence-electron chi connectivity index (χ0n) is 15.4. The number of carbonyl (C=O) groups is 3. The number of amides is 2. The maximum absolute atomic E-state index is 12.5. The van der Waals surface area contributed by atoms with Crippen molar-refractivity contribution in [3.63, 3.8) is 0 Å². The van der Waals surface area contributed by atoms with Crippen LogP contribution in [0.2, 0.25) is 0 Å². The van der Waals surface area contributed by atoms with Crippen molar-refractivity contribution in [1.29, 1.82) is 0 Å². The minimum Gasteiger partial charge on any atom is -0.458 e. The quantitative estimate of drug-likeness (QED) is 0.545. The molecule has 0 fully saturated rings. The molecule has 1 aromatic carbocycles. The van der Waals surface area contributed by atoms with Crippen molar-refractivity contribution in [2.45, 2.75) is 45.4 Å². The average molecular weight is 362 g/mol. The molecule has 0 aliphatic rings. The van der Waals surface area contributed by atoms with Crippen LogP contribution in [0.1, 0.15) is 32.8 Å². The molecule has 0 saturated heterocycles. The van der Waals surface area contributed by atoms with E-state index in [-0.39, 0.29) is 13.0 Å². The van der Waals surface area contributed by atoms with Crippen LogP contribution >= 0.6 is 0 Å². The van der Waals surface area contributed by atoms with Crippen LogP contribution in [0.3, 0.4) is 0 Å². The van der Waals surface area contributed by atoms with E-state index in [0.29, 0.717) is 0 Å². The van der Waals surface area contributed by atoms with Crippen LogP contribution in [-0.2, 0) is 25.7 Å². The number of hydrogen-bond acceptors (Lipinski definition) is 5. The largest absolute Gasteiger partial charge is 0.458 e. The summed E-state index contributed by atoms with van der Waals surface area (Å²) in [6, 6.07) is 7.79. The average Bonchev–Trinajstić information content (AvgIpc) is 2.55. The summed E-state index contributed by atoms with van der Waals surface area (Å²) in [6.45, 7) is 8.62. The number of nitrogens with two attached hydrogens (primary N) is 1. The van der Waals surface area contributed by atoms with E-state index in [2.05, 4.69) is 11.9 Å². The van der Waals surface area contributed by atoms with Gasteiger partial charge in [0.05, 0.1) is 5.92 Å². The van der Waals surface area contributed by atoms with Gasteiger partial charge in [0.2, 0.25) is 5.91 Å². The zero-order valence-corrected chi connectivity index (χ0v) is 15.4. The second-order valence-electron chi connectivity index (χ2n) is 6.75. The smallest absolute Gasteiger partial charge is 0.408 e. The number of alkyl carbamates (subject to hydrolysis) is 1. The number of nitrogens with one attached hydrogen (secondary N) is 1. The molecule has 2 amide bonds. The van der Waals surface area contributed by atoms with Crippen molar-refractivity contribution in [2.24, 2.45) is 11.7 Å². The number of esters is 1. The van der Waals surface area contributed by atoms with Gasteiger partial charge in [-0.1, -0.05) is 36.4 Å². The predicted octanol–water partition coefficient (Wildman–Crippen LogP) is 2.30. The second kappa shape index (κ2) is 9.60. The van der Waals surface area contributed by atoms with E-state index in [4.69, 9.17) is 15.2 Å². The van der Waals surface area contributed by atoms with Crippen LogP contribution in [-0.4, -0.2) is 29.6 Å². The Balaban J connectivity index is 2.85. The summed E-state index contributed by atoms with van der Waals surface area (Å²) in [6.07, 6.45) is 0.710. The van der Waals surface area contributed by atoms with Crippen LogP contribution in [0.5, 0.6) is 0 Å². The molecule has 0 aliphatic carbocycles. The Morgan fingerprint density at radius 3 is 2.35 bits per heavy atom. The van der Waals surface area contributed by atoms with Gasteiger partial charge in [-0.2, -0.15) is 0 Å². The molecule has 0 radical (unpaired) electrons. The molecule has 0 unspecified atom stereocenters. The maximum atomic E-state index is 12.5. The number of primary amides is 1. The fourth-order valence-electron chi connectivity index (χ4n) is 2.18. The topological polar surface area (TPSA) is 108 Å². The van der Waals surface area contributed by atoms with E-state index in [1.807, 2.05) is 18.2 Å². The summed E-state index contributed by atoms with van der Waals surface area (Å²) >= 11 is 0. The summed E-state index contributed by atoms with van der Waals surface area (Å²) in [5, 5.41) is 2.39. The Bertz CT molecular complexity index is 637. The van der Waals surface area contributed by atoms with Crippen LogP contribution < -0.4 is 11.1 Å². The van der Waals surface area contributed by atoms with Crippen molar-refractivity contribution < 1.29 is 23.9 Å². The first-order valence-corrected chi connectivity index (χ1v) is 8.24. The standard InChI is InChI=1S/C19H26N2O5/c1-5-9-14(16(20)22)15(17(23)26-19(2,3)4)21-18(24)25-12-13-10-7-6-8-11-13/h5-8,10-11,14-15H,1,9,12H2,2-4H3,(H2,20,22)(H,21,24)/t14-,15-/m0/s1. The first-order chi connectivity index (χ1) is 12.1. The molecule has 0 aliphatic heterocycles. The predicted molar refractivity (Wildman–Crippen MR) is 96.9 cm³/mol. The number of rotatable bonds is 8. The second-order valence-corrected chi connectivity index (χ2v) is 6.75. The van der Waals surface area contributed by atoms with Crippen LogP contribution in [0.15, 0.2) is 43.0 Å². The van der Waals surface area contributed by atoms with Gasteiger partial charge in [-0.15, -0.1) is 6.58 Å². The normalized spacial score (nSPS) is 13.2. The summed E-state index contributed by atoms with van der Waals surface area (Å²) in [5.74, 6) is -2.50. The molecule has 0 spiro atoms. The van der Waals surface area contributed by atoms with E-state index in [9.17, 15) is 14.4 Å². The molecule has 26 heavy (non-hydrogen) atoms. The summed E-state index contributed by atoms with van der Waals surface area (Å²) in [7, 11) is 0. The molecule has 7 nitrogen and oxygen atoms in total. The molecule has 0 saturated carbocycles. The van der Waals surface area contributed by atoms with Crippen LogP contribution in [0, 0.1) is 5.92 Å². The van der Waals surface area contributed by atoms with Crippen molar-refractivity contribution in [2.75, 3.05) is 0 Å². The van der Waals surface area contributed by atoms with E-state index in [1.54, 1.807) is 32.9 Å². The lowest BCUT2D eigenvalue weighted by Crippen LogP contribution is -2.52. The molecule has 0 aromatic heterocycles. The Morgan fingerprint density at radius 2 is 1.85 bits per heavy atom. The summed E-state index contributed by atoms with van der Waals surface area (Å²) < 4.78 is 10.4. The van der Waals surface area contributed by atoms with Gasteiger partial charge in [0.15, 0.2) is 0 Å². The monoisotopic (exact) mass is 362 g/mol. The Morgan fingerprint density at radius 1 is 1.23 bits per heavy atom. The fraction of sp³-hybridized carbons (Fsp3) is 0.421. The lowest BCUT2D eigenvalue weighted by Gasteiger charge is -2.27. The van der Waals surface area contributed by atoms with E-state index < -0.39 is 35.5 Å². The van der Waals surface area contributed by atoms with E-state index in [0.717, 1.165) is 5.56 Å². The number of ether oxygens (including phenoxy) is 2. The van der Waals surface area contributed by atoms with Gasteiger partial charge in [-0.3, -0.25) is 4.79 Å².